The maximum atomic E-state index is 11.4. The summed E-state index contributed by atoms with van der Waals surface area (Å²) in [4.78, 5) is 23.8. The number of benzene rings is 1. The molecule has 1 atom stereocenters. The third-order valence-electron chi connectivity index (χ3n) is 3.31. The summed E-state index contributed by atoms with van der Waals surface area (Å²) in [6.45, 7) is 4.25. The molecule has 5 heteroatoms. The number of carbonyl (C=O) groups is 1. The summed E-state index contributed by atoms with van der Waals surface area (Å²) in [5, 5.41) is 10.5. The molecule has 0 N–H and O–H groups in total. The second-order valence-electron chi connectivity index (χ2n) is 4.78. The van der Waals surface area contributed by atoms with Crippen molar-refractivity contribution in [2.24, 2.45) is 5.92 Å². The number of nitrogens with zero attached hydrogens (tertiary/aromatic N) is 2. The molecule has 1 heterocycles. The summed E-state index contributed by atoms with van der Waals surface area (Å²) in [5.74, 6) is 0.423. The third-order valence-corrected chi connectivity index (χ3v) is 3.31. The van der Waals surface area contributed by atoms with Crippen LogP contribution in [0.5, 0.6) is 0 Å². The molecule has 1 saturated heterocycles. The van der Waals surface area contributed by atoms with Crippen LogP contribution < -0.4 is 0 Å². The fourth-order valence-corrected chi connectivity index (χ4v) is 2.22. The van der Waals surface area contributed by atoms with Gasteiger partial charge in [-0.3, -0.25) is 19.8 Å². The van der Waals surface area contributed by atoms with Crippen LogP contribution >= 0.6 is 0 Å². The van der Waals surface area contributed by atoms with Gasteiger partial charge in [0, 0.05) is 44.1 Å². The van der Waals surface area contributed by atoms with Crippen molar-refractivity contribution < 1.29 is 9.72 Å². The third kappa shape index (κ3) is 2.92. The molecule has 0 spiro atoms. The number of carbonyl (C=O) groups excluding carboxylic acids is 1. The number of hydrogen-bond acceptors (Lipinski definition) is 4. The molecule has 1 aromatic rings. The van der Waals surface area contributed by atoms with Gasteiger partial charge in [0.25, 0.3) is 5.69 Å². The first-order valence-electron chi connectivity index (χ1n) is 6.04. The highest BCUT2D eigenvalue weighted by molar-refractivity contribution is 5.81. The largest absolute Gasteiger partial charge is 0.299 e. The van der Waals surface area contributed by atoms with Gasteiger partial charge in [0.1, 0.15) is 5.78 Å². The van der Waals surface area contributed by atoms with Gasteiger partial charge in [-0.05, 0) is 5.56 Å². The van der Waals surface area contributed by atoms with Crippen LogP contribution in [-0.2, 0) is 11.3 Å². The minimum atomic E-state index is -0.397. The molecule has 0 saturated carbocycles. The minimum Gasteiger partial charge on any atom is -0.299 e. The molecule has 1 aromatic carbocycles. The molecule has 18 heavy (non-hydrogen) atoms. The molecule has 0 aliphatic carbocycles. The van der Waals surface area contributed by atoms with Crippen molar-refractivity contribution in [1.82, 2.24) is 4.90 Å². The van der Waals surface area contributed by atoms with E-state index < -0.39 is 4.92 Å². The number of piperidine rings is 1. The Morgan fingerprint density at radius 1 is 1.39 bits per heavy atom. The second kappa shape index (κ2) is 5.27. The zero-order valence-corrected chi connectivity index (χ0v) is 10.3. The number of nitro benzene ring substituents is 1. The summed E-state index contributed by atoms with van der Waals surface area (Å²) in [6, 6.07) is 6.60. The van der Waals surface area contributed by atoms with E-state index in [1.807, 2.05) is 6.92 Å². The maximum Gasteiger partial charge on any atom is 0.269 e. The first-order chi connectivity index (χ1) is 8.56. The first kappa shape index (κ1) is 12.7. The SMILES string of the molecule is CC1CN(Cc2ccc([N+](=O)[O-])cc2)CCC1=O. The number of ketones is 1. The van der Waals surface area contributed by atoms with Crippen molar-refractivity contribution in [1.29, 1.82) is 0 Å². The zero-order valence-electron chi connectivity index (χ0n) is 10.3. The molecule has 0 bridgehead atoms. The van der Waals surface area contributed by atoms with Gasteiger partial charge in [0.05, 0.1) is 4.92 Å². The van der Waals surface area contributed by atoms with Gasteiger partial charge in [-0.25, -0.2) is 0 Å². The Balaban J connectivity index is 1.97. The second-order valence-corrected chi connectivity index (χ2v) is 4.78. The highest BCUT2D eigenvalue weighted by atomic mass is 16.6. The highest BCUT2D eigenvalue weighted by Crippen LogP contribution is 2.17. The van der Waals surface area contributed by atoms with Gasteiger partial charge in [0.2, 0.25) is 0 Å². The van der Waals surface area contributed by atoms with Crippen molar-refractivity contribution in [3.8, 4) is 0 Å². The van der Waals surface area contributed by atoms with Gasteiger partial charge >= 0.3 is 0 Å². The summed E-state index contributed by atoms with van der Waals surface area (Å²) in [7, 11) is 0. The first-order valence-corrected chi connectivity index (χ1v) is 6.04. The van der Waals surface area contributed by atoms with E-state index in [-0.39, 0.29) is 11.6 Å². The van der Waals surface area contributed by atoms with Crippen LogP contribution in [0.4, 0.5) is 5.69 Å². The molecule has 1 aliphatic rings. The van der Waals surface area contributed by atoms with E-state index in [0.717, 1.165) is 25.2 Å². The lowest BCUT2D eigenvalue weighted by Crippen LogP contribution is -2.38. The molecule has 0 aromatic heterocycles. The lowest BCUT2D eigenvalue weighted by Gasteiger charge is -2.29. The average Bonchev–Trinajstić information content (AvgIpc) is 2.34. The van der Waals surface area contributed by atoms with Crippen LogP contribution in [0, 0.1) is 16.0 Å². The topological polar surface area (TPSA) is 63.4 Å². The number of likely N-dealkylation sites (tertiary alicyclic amines) is 1. The average molecular weight is 248 g/mol. The standard InChI is InChI=1S/C13H16N2O3/c1-10-8-14(7-6-13(10)16)9-11-2-4-12(5-3-11)15(17)18/h2-5,10H,6-9H2,1H3. The Morgan fingerprint density at radius 2 is 2.06 bits per heavy atom. The lowest BCUT2D eigenvalue weighted by atomic mass is 9.98. The Kier molecular flexibility index (Phi) is 3.72. The fourth-order valence-electron chi connectivity index (χ4n) is 2.22. The van der Waals surface area contributed by atoms with Crippen molar-refractivity contribution in [3.63, 3.8) is 0 Å². The van der Waals surface area contributed by atoms with Gasteiger partial charge < -0.3 is 0 Å². The van der Waals surface area contributed by atoms with E-state index in [4.69, 9.17) is 0 Å². The monoisotopic (exact) mass is 248 g/mol. The predicted molar refractivity (Wildman–Crippen MR) is 67.2 cm³/mol. The Hall–Kier alpha value is -1.75. The van der Waals surface area contributed by atoms with E-state index in [2.05, 4.69) is 4.90 Å². The quantitative estimate of drug-likeness (QED) is 0.606. The molecule has 1 fully saturated rings. The number of nitro groups is 1. The summed E-state index contributed by atoms with van der Waals surface area (Å²) < 4.78 is 0. The normalized spacial score (nSPS) is 20.9. The molecular weight excluding hydrogens is 232 g/mol. The van der Waals surface area contributed by atoms with Gasteiger partial charge in [0.15, 0.2) is 0 Å². The van der Waals surface area contributed by atoms with Crippen LogP contribution in [0.25, 0.3) is 0 Å². The van der Waals surface area contributed by atoms with Gasteiger partial charge in [-0.2, -0.15) is 0 Å². The van der Waals surface area contributed by atoms with Crippen LogP contribution in [0.3, 0.4) is 0 Å². The van der Waals surface area contributed by atoms with Gasteiger partial charge in [-0.1, -0.05) is 19.1 Å². The molecule has 5 nitrogen and oxygen atoms in total. The number of hydrogen-bond donors (Lipinski definition) is 0. The number of Topliss-reactive ketones (excluding diaryl/α,β-unsaturated/α-hetero) is 1. The van der Waals surface area contributed by atoms with Crippen molar-refractivity contribution in [2.45, 2.75) is 19.9 Å². The number of rotatable bonds is 3. The van der Waals surface area contributed by atoms with Crippen LogP contribution in [0.2, 0.25) is 0 Å². The van der Waals surface area contributed by atoms with Crippen LogP contribution in [0.1, 0.15) is 18.9 Å². The van der Waals surface area contributed by atoms with Gasteiger partial charge in [-0.15, -0.1) is 0 Å². The maximum absolute atomic E-state index is 11.4. The molecular formula is C13H16N2O3. The van der Waals surface area contributed by atoms with E-state index in [0.29, 0.717) is 12.2 Å². The molecule has 0 amide bonds. The van der Waals surface area contributed by atoms with Crippen molar-refractivity contribution >= 4 is 11.5 Å². The van der Waals surface area contributed by atoms with Crippen LogP contribution in [0.15, 0.2) is 24.3 Å². The zero-order chi connectivity index (χ0) is 13.1. The molecule has 1 aliphatic heterocycles. The minimum absolute atomic E-state index is 0.0943. The highest BCUT2D eigenvalue weighted by Gasteiger charge is 2.23. The van der Waals surface area contributed by atoms with E-state index in [9.17, 15) is 14.9 Å². The molecule has 2 rings (SSSR count). The molecule has 96 valence electrons. The summed E-state index contributed by atoms with van der Waals surface area (Å²) >= 11 is 0. The Labute approximate surface area is 106 Å². The summed E-state index contributed by atoms with van der Waals surface area (Å²) in [5.41, 5.74) is 1.16. The van der Waals surface area contributed by atoms with E-state index >= 15 is 0 Å². The van der Waals surface area contributed by atoms with E-state index in [1.165, 1.54) is 12.1 Å². The lowest BCUT2D eigenvalue weighted by molar-refractivity contribution is -0.384. The molecule has 0 radical (unpaired) electrons. The predicted octanol–water partition coefficient (Wildman–Crippen LogP) is 2.01. The van der Waals surface area contributed by atoms with Crippen molar-refractivity contribution in [3.05, 3.63) is 39.9 Å². The number of non-ortho nitro benzene ring substituents is 1. The fraction of sp³-hybridized carbons (Fsp3) is 0.462. The molecule has 1 unspecified atom stereocenters. The van der Waals surface area contributed by atoms with Crippen molar-refractivity contribution in [2.75, 3.05) is 13.1 Å². The van der Waals surface area contributed by atoms with Crippen LogP contribution in [-0.4, -0.2) is 28.7 Å². The Morgan fingerprint density at radius 3 is 2.61 bits per heavy atom. The smallest absolute Gasteiger partial charge is 0.269 e. The van der Waals surface area contributed by atoms with E-state index in [1.54, 1.807) is 12.1 Å². The summed E-state index contributed by atoms with van der Waals surface area (Å²) in [6.07, 6.45) is 0.605. The Bertz CT molecular complexity index is 456.